The van der Waals surface area contributed by atoms with Crippen molar-refractivity contribution in [2.75, 3.05) is 11.9 Å². The van der Waals surface area contributed by atoms with Gasteiger partial charge in [0.05, 0.1) is 6.16 Å². The molecule has 1 aromatic rings. The number of anilines is 1. The minimum Gasteiger partial charge on any atom is -0.399 e. The molecule has 7 nitrogen and oxygen atoms in total. The lowest BCUT2D eigenvalue weighted by Crippen LogP contribution is -1.94. The number of benzene rings is 1. The molecule has 0 spiro atoms. The van der Waals surface area contributed by atoms with Crippen LogP contribution in [0.25, 0.3) is 0 Å². The SMILES string of the molecule is Nc1ccc(CCP(=O)(O)O)cc1.O=[P+](O)O. The summed E-state index contributed by atoms with van der Waals surface area (Å²) in [5, 5.41) is 0. The van der Waals surface area contributed by atoms with E-state index in [-0.39, 0.29) is 6.16 Å². The van der Waals surface area contributed by atoms with E-state index in [1.807, 2.05) is 0 Å². The lowest BCUT2D eigenvalue weighted by molar-refractivity contribution is 0.373. The van der Waals surface area contributed by atoms with Gasteiger partial charge in [-0.2, -0.15) is 0 Å². The first-order valence-electron chi connectivity index (χ1n) is 4.44. The van der Waals surface area contributed by atoms with Gasteiger partial charge >= 0.3 is 15.9 Å². The van der Waals surface area contributed by atoms with E-state index in [0.717, 1.165) is 5.56 Å². The Labute approximate surface area is 99.0 Å². The standard InChI is InChI=1S/C8H12NO3P.HO3P/c9-8-3-1-7(2-4-8)5-6-13(10,11)12;1-4(2)3/h1-4H,5-6,9H2,(H2,10,11,12);(H-,1,2,3)/p+1. The molecule has 0 heterocycles. The number of nitrogens with two attached hydrogens (primary N) is 1. The summed E-state index contributed by atoms with van der Waals surface area (Å²) in [7, 11) is -6.74. The maximum Gasteiger partial charge on any atom is 0.692 e. The molecule has 1 rings (SSSR count). The third-order valence-electron chi connectivity index (χ3n) is 1.67. The predicted octanol–water partition coefficient (Wildman–Crippen LogP) is 0.617. The van der Waals surface area contributed by atoms with Gasteiger partial charge in [-0.25, -0.2) is 0 Å². The molecule has 0 aliphatic rings. The molecule has 0 atom stereocenters. The molecule has 0 unspecified atom stereocenters. The zero-order valence-corrected chi connectivity index (χ0v) is 10.6. The van der Waals surface area contributed by atoms with Gasteiger partial charge in [0.2, 0.25) is 0 Å². The maximum atomic E-state index is 10.5. The van der Waals surface area contributed by atoms with E-state index in [2.05, 4.69) is 0 Å². The van der Waals surface area contributed by atoms with E-state index in [9.17, 15) is 4.57 Å². The average molecular weight is 282 g/mol. The summed E-state index contributed by atoms with van der Waals surface area (Å²) >= 11 is 0. The van der Waals surface area contributed by atoms with E-state index in [0.29, 0.717) is 12.1 Å². The highest BCUT2D eigenvalue weighted by Gasteiger charge is 2.11. The second kappa shape index (κ2) is 7.50. The molecule has 0 aliphatic carbocycles. The molecular formula is C8H14NO6P2+. The molecule has 6 N–H and O–H groups in total. The zero-order chi connectivity index (χ0) is 13.5. The Morgan fingerprint density at radius 1 is 1.18 bits per heavy atom. The Kier molecular flexibility index (Phi) is 7.15. The largest absolute Gasteiger partial charge is 0.692 e. The molecule has 0 saturated carbocycles. The average Bonchev–Trinajstić information content (AvgIpc) is 2.15. The lowest BCUT2D eigenvalue weighted by Gasteiger charge is -2.03. The molecule has 0 radical (unpaired) electrons. The number of aryl methyl sites for hydroxylation is 1. The van der Waals surface area contributed by atoms with E-state index < -0.39 is 15.9 Å². The monoisotopic (exact) mass is 282 g/mol. The van der Waals surface area contributed by atoms with Crippen LogP contribution in [-0.2, 0) is 15.6 Å². The van der Waals surface area contributed by atoms with Crippen LogP contribution in [0.5, 0.6) is 0 Å². The lowest BCUT2D eigenvalue weighted by atomic mass is 10.2. The fourth-order valence-corrected chi connectivity index (χ4v) is 1.51. The molecule has 0 fully saturated rings. The van der Waals surface area contributed by atoms with Crippen molar-refractivity contribution in [2.45, 2.75) is 6.42 Å². The van der Waals surface area contributed by atoms with Crippen molar-refractivity contribution in [1.82, 2.24) is 0 Å². The quantitative estimate of drug-likeness (QED) is 0.404. The fraction of sp³-hybridized carbons (Fsp3) is 0.250. The van der Waals surface area contributed by atoms with Crippen molar-refractivity contribution in [2.24, 2.45) is 0 Å². The second-order valence-corrected chi connectivity index (χ2v) is 5.41. The van der Waals surface area contributed by atoms with Gasteiger partial charge in [-0.3, -0.25) is 4.57 Å². The summed E-state index contributed by atoms with van der Waals surface area (Å²) in [6, 6.07) is 6.97. The Balaban J connectivity index is 0.000000557. The normalized spacial score (nSPS) is 10.4. The van der Waals surface area contributed by atoms with Crippen LogP contribution >= 0.6 is 15.9 Å². The molecule has 0 saturated heterocycles. The molecule has 0 bridgehead atoms. The summed E-state index contributed by atoms with van der Waals surface area (Å²) in [6.07, 6.45) is 0.265. The summed E-state index contributed by atoms with van der Waals surface area (Å²) in [6.45, 7) is 0. The summed E-state index contributed by atoms with van der Waals surface area (Å²) in [4.78, 5) is 31.5. The van der Waals surface area contributed by atoms with Gasteiger partial charge in [0.1, 0.15) is 0 Å². The Bertz CT molecular complexity index is 397. The van der Waals surface area contributed by atoms with Crippen LogP contribution in [0.2, 0.25) is 0 Å². The van der Waals surface area contributed by atoms with Crippen molar-refractivity contribution in [3.8, 4) is 0 Å². The molecule has 0 aromatic heterocycles. The molecular weight excluding hydrogens is 268 g/mol. The summed E-state index contributed by atoms with van der Waals surface area (Å²) in [5.74, 6) is 0. The maximum absolute atomic E-state index is 10.5. The Morgan fingerprint density at radius 2 is 1.59 bits per heavy atom. The summed E-state index contributed by atoms with van der Waals surface area (Å²) in [5.41, 5.74) is 6.99. The van der Waals surface area contributed by atoms with Crippen LogP contribution in [0.3, 0.4) is 0 Å². The van der Waals surface area contributed by atoms with Gasteiger partial charge in [-0.15, -0.1) is 9.79 Å². The predicted molar refractivity (Wildman–Crippen MR) is 63.5 cm³/mol. The van der Waals surface area contributed by atoms with Crippen molar-refractivity contribution in [3.05, 3.63) is 29.8 Å². The molecule has 0 aliphatic heterocycles. The van der Waals surface area contributed by atoms with Gasteiger partial charge in [-0.05, 0) is 24.1 Å². The third kappa shape index (κ3) is 11.5. The third-order valence-corrected chi connectivity index (χ3v) is 2.48. The van der Waals surface area contributed by atoms with Crippen molar-refractivity contribution < 1.29 is 28.7 Å². The highest BCUT2D eigenvalue weighted by molar-refractivity contribution is 7.51. The van der Waals surface area contributed by atoms with Crippen LogP contribution in [0.1, 0.15) is 5.56 Å². The molecule has 96 valence electrons. The molecule has 0 amide bonds. The highest BCUT2D eigenvalue weighted by atomic mass is 31.2. The van der Waals surface area contributed by atoms with Gasteiger partial charge in [0, 0.05) is 10.3 Å². The van der Waals surface area contributed by atoms with Crippen LogP contribution in [0.15, 0.2) is 24.3 Å². The number of hydrogen-bond donors (Lipinski definition) is 5. The minimum absolute atomic E-state index is 0.114. The van der Waals surface area contributed by atoms with Gasteiger partial charge in [0.25, 0.3) is 0 Å². The van der Waals surface area contributed by atoms with Gasteiger partial charge in [0.15, 0.2) is 0 Å². The smallest absolute Gasteiger partial charge is 0.399 e. The highest BCUT2D eigenvalue weighted by Crippen LogP contribution is 2.34. The number of rotatable bonds is 3. The minimum atomic E-state index is -3.87. The number of nitrogen functional groups attached to an aromatic ring is 1. The molecule has 17 heavy (non-hydrogen) atoms. The molecule has 1 aromatic carbocycles. The van der Waals surface area contributed by atoms with Gasteiger partial charge < -0.3 is 15.5 Å². The topological polar surface area (TPSA) is 141 Å². The van der Waals surface area contributed by atoms with Crippen LogP contribution < -0.4 is 5.73 Å². The van der Waals surface area contributed by atoms with E-state index in [1.54, 1.807) is 24.3 Å². The van der Waals surface area contributed by atoms with Crippen molar-refractivity contribution in [1.29, 1.82) is 0 Å². The van der Waals surface area contributed by atoms with E-state index in [1.165, 1.54) is 0 Å². The van der Waals surface area contributed by atoms with Gasteiger partial charge in [-0.1, -0.05) is 12.1 Å². The fourth-order valence-electron chi connectivity index (χ4n) is 0.959. The van der Waals surface area contributed by atoms with Crippen LogP contribution in [-0.4, -0.2) is 25.7 Å². The summed E-state index contributed by atoms with van der Waals surface area (Å²) < 4.78 is 19.2. The van der Waals surface area contributed by atoms with E-state index >= 15 is 0 Å². The first-order valence-corrected chi connectivity index (χ1v) is 7.41. The first kappa shape index (κ1) is 16.2. The van der Waals surface area contributed by atoms with Crippen LogP contribution in [0.4, 0.5) is 5.69 Å². The number of hydrogen-bond acceptors (Lipinski definition) is 3. The van der Waals surface area contributed by atoms with Crippen molar-refractivity contribution >= 4 is 21.5 Å². The van der Waals surface area contributed by atoms with E-state index in [4.69, 9.17) is 29.9 Å². The first-order chi connectivity index (χ1) is 7.70. The Hall–Kier alpha value is -0.810. The Morgan fingerprint density at radius 3 is 1.94 bits per heavy atom. The van der Waals surface area contributed by atoms with Crippen molar-refractivity contribution in [3.63, 3.8) is 0 Å². The zero-order valence-electron chi connectivity index (χ0n) is 8.80. The molecule has 9 heteroatoms. The van der Waals surface area contributed by atoms with Crippen LogP contribution in [0, 0.1) is 0 Å². The second-order valence-electron chi connectivity index (χ2n) is 3.13.